The van der Waals surface area contributed by atoms with Gasteiger partial charge in [0.1, 0.15) is 5.69 Å². The van der Waals surface area contributed by atoms with Crippen molar-refractivity contribution in [2.45, 2.75) is 13.5 Å². The van der Waals surface area contributed by atoms with Crippen molar-refractivity contribution in [2.75, 3.05) is 6.54 Å². The van der Waals surface area contributed by atoms with Crippen LogP contribution in [0.2, 0.25) is 5.02 Å². The van der Waals surface area contributed by atoms with E-state index in [-0.39, 0.29) is 5.91 Å². The first-order valence-corrected chi connectivity index (χ1v) is 6.38. The molecule has 0 radical (unpaired) electrons. The molecule has 0 saturated carbocycles. The maximum absolute atomic E-state index is 12.3. The van der Waals surface area contributed by atoms with E-state index in [9.17, 15) is 4.79 Å². The Kier molecular flexibility index (Phi) is 4.47. The van der Waals surface area contributed by atoms with Crippen molar-refractivity contribution < 1.29 is 4.79 Å². The highest BCUT2D eigenvalue weighted by molar-refractivity contribution is 6.30. The topological polar surface area (TPSA) is 46.1 Å². The van der Waals surface area contributed by atoms with Crippen LogP contribution in [0.5, 0.6) is 0 Å². The van der Waals surface area contributed by atoms with Gasteiger partial charge in [-0.1, -0.05) is 23.7 Å². The Morgan fingerprint density at radius 3 is 2.84 bits per heavy atom. The summed E-state index contributed by atoms with van der Waals surface area (Å²) in [5.74, 6) is -0.129. The molecule has 2 aromatic rings. The van der Waals surface area contributed by atoms with E-state index in [2.05, 4.69) is 9.97 Å². The molecule has 0 N–H and O–H groups in total. The normalized spacial score (nSPS) is 10.2. The molecule has 1 heterocycles. The summed E-state index contributed by atoms with van der Waals surface area (Å²) in [4.78, 5) is 21.9. The van der Waals surface area contributed by atoms with Gasteiger partial charge >= 0.3 is 0 Å². The highest BCUT2D eigenvalue weighted by atomic mass is 35.5. The molecule has 0 atom stereocenters. The summed E-state index contributed by atoms with van der Waals surface area (Å²) in [5, 5.41) is 0.667. The largest absolute Gasteiger partial charge is 0.333 e. The number of benzene rings is 1. The maximum Gasteiger partial charge on any atom is 0.274 e. The lowest BCUT2D eigenvalue weighted by molar-refractivity contribution is 0.0746. The van der Waals surface area contributed by atoms with E-state index in [1.165, 1.54) is 12.4 Å². The van der Waals surface area contributed by atoms with Crippen LogP contribution in [0.15, 0.2) is 42.9 Å². The molecular formula is C14H14ClN3O. The Bertz CT molecular complexity index is 560. The second-order valence-corrected chi connectivity index (χ2v) is 4.48. The van der Waals surface area contributed by atoms with Crippen molar-refractivity contribution >= 4 is 17.5 Å². The predicted octanol–water partition coefficient (Wildman–Crippen LogP) is 2.79. The number of halogens is 1. The van der Waals surface area contributed by atoms with Crippen LogP contribution in [-0.4, -0.2) is 27.3 Å². The zero-order chi connectivity index (χ0) is 13.7. The van der Waals surface area contributed by atoms with Gasteiger partial charge in [-0.3, -0.25) is 9.78 Å². The van der Waals surface area contributed by atoms with Gasteiger partial charge in [-0.25, -0.2) is 4.98 Å². The molecule has 0 unspecified atom stereocenters. The summed E-state index contributed by atoms with van der Waals surface area (Å²) in [6.45, 7) is 3.03. The predicted molar refractivity (Wildman–Crippen MR) is 73.9 cm³/mol. The summed E-state index contributed by atoms with van der Waals surface area (Å²) in [7, 11) is 0. The van der Waals surface area contributed by atoms with Crippen LogP contribution in [-0.2, 0) is 6.54 Å². The van der Waals surface area contributed by atoms with Crippen LogP contribution in [0.1, 0.15) is 23.0 Å². The average molecular weight is 276 g/mol. The molecular weight excluding hydrogens is 262 g/mol. The standard InChI is InChI=1S/C14H14ClN3O/c1-2-18(10-11-4-3-5-12(15)8-11)14(19)13-9-16-6-7-17-13/h3-9H,2,10H2,1H3. The van der Waals surface area contributed by atoms with Crippen LogP contribution in [0.25, 0.3) is 0 Å². The molecule has 98 valence electrons. The molecule has 0 fully saturated rings. The van der Waals surface area contributed by atoms with E-state index in [4.69, 9.17) is 11.6 Å². The highest BCUT2D eigenvalue weighted by Crippen LogP contribution is 2.13. The third-order valence-electron chi connectivity index (χ3n) is 2.71. The third kappa shape index (κ3) is 3.51. The van der Waals surface area contributed by atoms with Gasteiger partial charge < -0.3 is 4.90 Å². The minimum absolute atomic E-state index is 0.129. The van der Waals surface area contributed by atoms with Crippen LogP contribution in [0.4, 0.5) is 0 Å². The highest BCUT2D eigenvalue weighted by Gasteiger charge is 2.15. The van der Waals surface area contributed by atoms with E-state index in [1.54, 1.807) is 11.1 Å². The third-order valence-corrected chi connectivity index (χ3v) is 2.95. The van der Waals surface area contributed by atoms with Gasteiger partial charge in [0, 0.05) is 30.5 Å². The van der Waals surface area contributed by atoms with Crippen molar-refractivity contribution in [3.63, 3.8) is 0 Å². The number of rotatable bonds is 4. The van der Waals surface area contributed by atoms with Gasteiger partial charge in [0.05, 0.1) is 6.20 Å². The SMILES string of the molecule is CCN(Cc1cccc(Cl)c1)C(=O)c1cnccn1. The van der Waals surface area contributed by atoms with Crippen molar-refractivity contribution in [3.05, 3.63) is 59.1 Å². The molecule has 5 heteroatoms. The van der Waals surface area contributed by atoms with Gasteiger partial charge in [0.15, 0.2) is 0 Å². The molecule has 19 heavy (non-hydrogen) atoms. The van der Waals surface area contributed by atoms with Crippen LogP contribution >= 0.6 is 11.6 Å². The first-order chi connectivity index (χ1) is 9.20. The first-order valence-electron chi connectivity index (χ1n) is 6.00. The molecule has 4 nitrogen and oxygen atoms in total. The average Bonchev–Trinajstić information content (AvgIpc) is 2.45. The van der Waals surface area contributed by atoms with Gasteiger partial charge in [0.2, 0.25) is 0 Å². The van der Waals surface area contributed by atoms with E-state index >= 15 is 0 Å². The second-order valence-electron chi connectivity index (χ2n) is 4.04. The fourth-order valence-corrected chi connectivity index (χ4v) is 1.97. The Labute approximate surface area is 117 Å². The molecule has 0 saturated heterocycles. The van der Waals surface area contributed by atoms with E-state index in [1.807, 2.05) is 31.2 Å². The van der Waals surface area contributed by atoms with Gasteiger partial charge in [-0.2, -0.15) is 0 Å². The molecule has 0 aliphatic rings. The van der Waals surface area contributed by atoms with E-state index in [0.717, 1.165) is 5.56 Å². The quantitative estimate of drug-likeness (QED) is 0.862. The molecule has 2 rings (SSSR count). The Morgan fingerprint density at radius 1 is 1.37 bits per heavy atom. The van der Waals surface area contributed by atoms with Crippen LogP contribution in [0, 0.1) is 0 Å². The first kappa shape index (κ1) is 13.5. The summed E-state index contributed by atoms with van der Waals surface area (Å²) in [6, 6.07) is 7.48. The molecule has 0 bridgehead atoms. The number of hydrogen-bond acceptors (Lipinski definition) is 3. The lowest BCUT2D eigenvalue weighted by atomic mass is 10.2. The summed E-state index contributed by atoms with van der Waals surface area (Å²) >= 11 is 5.94. The Hall–Kier alpha value is -1.94. The van der Waals surface area contributed by atoms with E-state index < -0.39 is 0 Å². The van der Waals surface area contributed by atoms with Crippen LogP contribution in [0.3, 0.4) is 0 Å². The number of hydrogen-bond donors (Lipinski definition) is 0. The smallest absolute Gasteiger partial charge is 0.274 e. The zero-order valence-corrected chi connectivity index (χ0v) is 11.3. The molecule has 1 amide bonds. The Morgan fingerprint density at radius 2 is 2.21 bits per heavy atom. The second kappa shape index (κ2) is 6.29. The van der Waals surface area contributed by atoms with Gasteiger partial charge in [0.25, 0.3) is 5.91 Å². The molecule has 0 aliphatic carbocycles. The molecule has 0 spiro atoms. The summed E-state index contributed by atoms with van der Waals surface area (Å²) in [5.41, 5.74) is 1.35. The fourth-order valence-electron chi connectivity index (χ4n) is 1.75. The number of carbonyl (C=O) groups is 1. The number of amides is 1. The van der Waals surface area contributed by atoms with Gasteiger partial charge in [-0.05, 0) is 24.6 Å². The summed E-state index contributed by atoms with van der Waals surface area (Å²) < 4.78 is 0. The maximum atomic E-state index is 12.3. The van der Waals surface area contributed by atoms with Crippen molar-refractivity contribution in [1.82, 2.24) is 14.9 Å². The minimum Gasteiger partial charge on any atom is -0.333 e. The number of carbonyl (C=O) groups excluding carboxylic acids is 1. The summed E-state index contributed by atoms with van der Waals surface area (Å²) in [6.07, 6.45) is 4.54. The number of nitrogens with zero attached hydrogens (tertiary/aromatic N) is 3. The monoisotopic (exact) mass is 275 g/mol. The van der Waals surface area contributed by atoms with Gasteiger partial charge in [-0.15, -0.1) is 0 Å². The van der Waals surface area contributed by atoms with Crippen molar-refractivity contribution in [2.24, 2.45) is 0 Å². The molecule has 1 aromatic heterocycles. The fraction of sp³-hybridized carbons (Fsp3) is 0.214. The Balaban J connectivity index is 2.15. The number of aromatic nitrogens is 2. The van der Waals surface area contributed by atoms with Crippen molar-refractivity contribution in [3.8, 4) is 0 Å². The lowest BCUT2D eigenvalue weighted by Gasteiger charge is -2.20. The van der Waals surface area contributed by atoms with Crippen LogP contribution < -0.4 is 0 Å². The lowest BCUT2D eigenvalue weighted by Crippen LogP contribution is -2.31. The van der Waals surface area contributed by atoms with Crippen molar-refractivity contribution in [1.29, 1.82) is 0 Å². The molecule has 1 aromatic carbocycles. The zero-order valence-electron chi connectivity index (χ0n) is 10.6. The van der Waals surface area contributed by atoms with E-state index in [0.29, 0.717) is 23.8 Å². The minimum atomic E-state index is -0.129. The molecule has 0 aliphatic heterocycles.